The average Bonchev–Trinajstić information content (AvgIpc) is 2.36. The van der Waals surface area contributed by atoms with Gasteiger partial charge in [-0.25, -0.2) is 0 Å². The molecule has 1 unspecified atom stereocenters. The topological polar surface area (TPSA) is 55.1 Å². The Morgan fingerprint density at radius 2 is 1.94 bits per heavy atom. The molecule has 0 heterocycles. The number of aryl methyl sites for hydroxylation is 1. The first kappa shape index (κ1) is 14.6. The zero-order chi connectivity index (χ0) is 13.5. The maximum Gasteiger partial charge on any atom is 0.234 e. The smallest absolute Gasteiger partial charge is 0.234 e. The molecule has 0 saturated heterocycles. The Labute approximate surface area is 114 Å². The van der Waals surface area contributed by atoms with Gasteiger partial charge in [0.1, 0.15) is 0 Å². The van der Waals surface area contributed by atoms with Gasteiger partial charge >= 0.3 is 0 Å². The Kier molecular flexibility index (Phi) is 5.78. The number of benzene rings is 1. The molecular formula is C14H20N2OS. The number of carbonyl (C=O) groups is 1. The van der Waals surface area contributed by atoms with Gasteiger partial charge in [-0.1, -0.05) is 44.6 Å². The van der Waals surface area contributed by atoms with Crippen molar-refractivity contribution in [1.82, 2.24) is 0 Å². The fraction of sp³-hybridized carbons (Fsp3) is 0.429. The lowest BCUT2D eigenvalue weighted by Crippen LogP contribution is -2.33. The van der Waals surface area contributed by atoms with Crippen LogP contribution in [0.2, 0.25) is 0 Å². The van der Waals surface area contributed by atoms with Gasteiger partial charge in [-0.15, -0.1) is 0 Å². The Morgan fingerprint density at radius 3 is 2.39 bits per heavy atom. The second-order valence-corrected chi connectivity index (χ2v) is 4.75. The maximum absolute atomic E-state index is 12.0. The van der Waals surface area contributed by atoms with Crippen molar-refractivity contribution in [2.45, 2.75) is 33.1 Å². The van der Waals surface area contributed by atoms with Crippen molar-refractivity contribution < 1.29 is 4.79 Å². The Balaban J connectivity index is 2.69. The predicted molar refractivity (Wildman–Crippen MR) is 79.6 cm³/mol. The average molecular weight is 264 g/mol. The van der Waals surface area contributed by atoms with Gasteiger partial charge in [0.05, 0.1) is 10.9 Å². The fourth-order valence-corrected chi connectivity index (χ4v) is 1.97. The molecule has 0 aliphatic carbocycles. The van der Waals surface area contributed by atoms with E-state index in [4.69, 9.17) is 18.0 Å². The van der Waals surface area contributed by atoms with Crippen LogP contribution < -0.4 is 11.1 Å². The van der Waals surface area contributed by atoms with Gasteiger partial charge in [0.25, 0.3) is 0 Å². The zero-order valence-corrected chi connectivity index (χ0v) is 11.7. The first-order valence-corrected chi connectivity index (χ1v) is 6.68. The highest BCUT2D eigenvalue weighted by Crippen LogP contribution is 2.14. The third kappa shape index (κ3) is 4.11. The summed E-state index contributed by atoms with van der Waals surface area (Å²) in [7, 11) is 0. The molecule has 0 radical (unpaired) electrons. The summed E-state index contributed by atoms with van der Waals surface area (Å²) in [5.74, 6) is -0.496. The lowest BCUT2D eigenvalue weighted by molar-refractivity contribution is -0.118. The van der Waals surface area contributed by atoms with E-state index in [-0.39, 0.29) is 16.8 Å². The summed E-state index contributed by atoms with van der Waals surface area (Å²) >= 11 is 4.93. The van der Waals surface area contributed by atoms with Crippen LogP contribution in [0.25, 0.3) is 0 Å². The summed E-state index contributed by atoms with van der Waals surface area (Å²) in [6.07, 6.45) is 2.55. The van der Waals surface area contributed by atoms with E-state index in [1.165, 1.54) is 5.56 Å². The molecule has 0 fully saturated rings. The van der Waals surface area contributed by atoms with Gasteiger partial charge in [-0.3, -0.25) is 4.79 Å². The van der Waals surface area contributed by atoms with Crippen molar-refractivity contribution in [2.24, 2.45) is 11.7 Å². The van der Waals surface area contributed by atoms with Gasteiger partial charge in [0, 0.05) is 5.69 Å². The van der Waals surface area contributed by atoms with Crippen molar-refractivity contribution >= 4 is 28.8 Å². The van der Waals surface area contributed by atoms with Crippen LogP contribution >= 0.6 is 12.2 Å². The lowest BCUT2D eigenvalue weighted by Gasteiger charge is -2.14. The zero-order valence-electron chi connectivity index (χ0n) is 10.9. The standard InChI is InChI=1S/C14H20N2OS/c1-3-5-12(13(15)18)14(17)16-11-8-6-10(4-2)7-9-11/h6-9,12H,3-5H2,1-2H3,(H2,15,18)(H,16,17). The minimum atomic E-state index is -0.379. The van der Waals surface area contributed by atoms with Gasteiger partial charge in [0.15, 0.2) is 0 Å². The molecule has 18 heavy (non-hydrogen) atoms. The van der Waals surface area contributed by atoms with E-state index < -0.39 is 0 Å². The molecule has 1 aromatic rings. The lowest BCUT2D eigenvalue weighted by atomic mass is 10.0. The SMILES string of the molecule is CCCC(C(=O)Nc1ccc(CC)cc1)C(N)=S. The second kappa shape index (κ2) is 7.11. The van der Waals surface area contributed by atoms with Crippen LogP contribution in [0.1, 0.15) is 32.3 Å². The number of nitrogens with one attached hydrogen (secondary N) is 1. The van der Waals surface area contributed by atoms with Gasteiger partial charge < -0.3 is 11.1 Å². The molecule has 98 valence electrons. The van der Waals surface area contributed by atoms with Gasteiger partial charge in [0.2, 0.25) is 5.91 Å². The number of amides is 1. The summed E-state index contributed by atoms with van der Waals surface area (Å²) in [5.41, 5.74) is 7.62. The van der Waals surface area contributed by atoms with Crippen LogP contribution in [-0.4, -0.2) is 10.9 Å². The highest BCUT2D eigenvalue weighted by atomic mass is 32.1. The second-order valence-electron chi connectivity index (χ2n) is 4.28. The number of anilines is 1. The summed E-state index contributed by atoms with van der Waals surface area (Å²) in [5, 5.41) is 2.85. The predicted octanol–water partition coefficient (Wildman–Crippen LogP) is 2.89. The quantitative estimate of drug-likeness (QED) is 0.777. The summed E-state index contributed by atoms with van der Waals surface area (Å²) in [4.78, 5) is 12.3. The first-order valence-electron chi connectivity index (χ1n) is 6.27. The van der Waals surface area contributed by atoms with E-state index in [1.807, 2.05) is 31.2 Å². The molecule has 3 N–H and O–H groups in total. The number of rotatable bonds is 6. The minimum Gasteiger partial charge on any atom is -0.393 e. The highest BCUT2D eigenvalue weighted by molar-refractivity contribution is 7.80. The van der Waals surface area contributed by atoms with Gasteiger partial charge in [-0.05, 0) is 30.5 Å². The van der Waals surface area contributed by atoms with E-state index in [9.17, 15) is 4.79 Å². The molecular weight excluding hydrogens is 244 g/mol. The number of hydrogen-bond acceptors (Lipinski definition) is 2. The molecule has 3 nitrogen and oxygen atoms in total. The van der Waals surface area contributed by atoms with Crippen LogP contribution in [-0.2, 0) is 11.2 Å². The minimum absolute atomic E-state index is 0.117. The highest BCUT2D eigenvalue weighted by Gasteiger charge is 2.20. The Bertz CT molecular complexity index is 414. The third-order valence-electron chi connectivity index (χ3n) is 2.87. The maximum atomic E-state index is 12.0. The van der Waals surface area contributed by atoms with Crippen LogP contribution in [0.15, 0.2) is 24.3 Å². The fourth-order valence-electron chi connectivity index (χ4n) is 1.74. The monoisotopic (exact) mass is 264 g/mol. The number of hydrogen-bond donors (Lipinski definition) is 2. The summed E-state index contributed by atoms with van der Waals surface area (Å²) < 4.78 is 0. The first-order chi connectivity index (χ1) is 8.58. The van der Waals surface area contributed by atoms with E-state index in [2.05, 4.69) is 12.2 Å². The van der Waals surface area contributed by atoms with Crippen molar-refractivity contribution in [3.63, 3.8) is 0 Å². The Hall–Kier alpha value is -1.42. The molecule has 1 atom stereocenters. The molecule has 0 saturated carbocycles. The van der Waals surface area contributed by atoms with Crippen LogP contribution in [0, 0.1) is 5.92 Å². The molecule has 1 aromatic carbocycles. The number of thiocarbonyl (C=S) groups is 1. The summed E-state index contributed by atoms with van der Waals surface area (Å²) in [6.45, 7) is 4.10. The van der Waals surface area contributed by atoms with Crippen molar-refractivity contribution in [1.29, 1.82) is 0 Å². The third-order valence-corrected chi connectivity index (χ3v) is 3.15. The van der Waals surface area contributed by atoms with Gasteiger partial charge in [-0.2, -0.15) is 0 Å². The molecule has 0 aliphatic rings. The van der Waals surface area contributed by atoms with E-state index in [0.29, 0.717) is 6.42 Å². The number of nitrogens with two attached hydrogens (primary N) is 1. The van der Waals surface area contributed by atoms with Crippen molar-refractivity contribution in [3.05, 3.63) is 29.8 Å². The van der Waals surface area contributed by atoms with Crippen LogP contribution in [0.3, 0.4) is 0 Å². The number of carbonyl (C=O) groups excluding carboxylic acids is 1. The molecule has 0 spiro atoms. The van der Waals surface area contributed by atoms with E-state index >= 15 is 0 Å². The largest absolute Gasteiger partial charge is 0.393 e. The van der Waals surface area contributed by atoms with Crippen molar-refractivity contribution in [2.75, 3.05) is 5.32 Å². The van der Waals surface area contributed by atoms with E-state index in [1.54, 1.807) is 0 Å². The summed E-state index contributed by atoms with van der Waals surface area (Å²) in [6, 6.07) is 7.81. The molecule has 0 bridgehead atoms. The van der Waals surface area contributed by atoms with Crippen LogP contribution in [0.5, 0.6) is 0 Å². The normalized spacial score (nSPS) is 11.9. The molecule has 4 heteroatoms. The molecule has 0 aliphatic heterocycles. The van der Waals surface area contributed by atoms with Crippen LogP contribution in [0.4, 0.5) is 5.69 Å². The molecule has 0 aromatic heterocycles. The molecule has 1 amide bonds. The van der Waals surface area contributed by atoms with E-state index in [0.717, 1.165) is 18.5 Å². The molecule has 1 rings (SSSR count). The Morgan fingerprint density at radius 1 is 1.33 bits per heavy atom. The van der Waals surface area contributed by atoms with Crippen molar-refractivity contribution in [3.8, 4) is 0 Å².